The van der Waals surface area contributed by atoms with Gasteiger partial charge >= 0.3 is 6.09 Å². The van der Waals surface area contributed by atoms with E-state index in [2.05, 4.69) is 0 Å². The predicted octanol–water partition coefficient (Wildman–Crippen LogP) is 2.98. The number of aliphatic hydroxyl groups is 1. The average Bonchev–Trinajstić information content (AvgIpc) is 2.91. The lowest BCUT2D eigenvalue weighted by Gasteiger charge is -2.46. The summed E-state index contributed by atoms with van der Waals surface area (Å²) in [6, 6.07) is 1.44. The molecule has 2 N–H and O–H groups in total. The van der Waals surface area contributed by atoms with E-state index in [9.17, 15) is 23.8 Å². The largest absolute Gasteiger partial charge is 0.465 e. The number of fused-ring (bicyclic) bond motifs is 2. The number of piperidine rings is 1. The quantitative estimate of drug-likeness (QED) is 0.863. The molecule has 8 heteroatoms. The molecule has 0 radical (unpaired) electrons. The van der Waals surface area contributed by atoms with Crippen LogP contribution in [0.2, 0.25) is 0 Å². The van der Waals surface area contributed by atoms with Gasteiger partial charge in [0.2, 0.25) is 0 Å². The molecule has 3 heterocycles. The highest BCUT2D eigenvalue weighted by Crippen LogP contribution is 2.48. The van der Waals surface area contributed by atoms with Gasteiger partial charge in [0.25, 0.3) is 6.43 Å². The SMILES string of the molecule is C[C@H]1C[C@@]2(CCN1C(=O)O)OCCc1cc(C(O)C(F)F)sc12. The van der Waals surface area contributed by atoms with Crippen LogP contribution in [-0.4, -0.2) is 46.8 Å². The fraction of sp³-hybridized carbons (Fsp3) is 0.667. The Labute approximate surface area is 136 Å². The number of amides is 1. The van der Waals surface area contributed by atoms with E-state index in [-0.39, 0.29) is 10.9 Å². The van der Waals surface area contributed by atoms with E-state index in [0.29, 0.717) is 32.4 Å². The van der Waals surface area contributed by atoms with Crippen molar-refractivity contribution in [3.05, 3.63) is 21.4 Å². The monoisotopic (exact) mass is 347 g/mol. The van der Waals surface area contributed by atoms with E-state index < -0.39 is 24.2 Å². The summed E-state index contributed by atoms with van der Waals surface area (Å²) in [6.45, 7) is 2.66. The molecule has 1 saturated heterocycles. The summed E-state index contributed by atoms with van der Waals surface area (Å²) in [5.41, 5.74) is 0.316. The van der Waals surface area contributed by atoms with Crippen LogP contribution in [0.3, 0.4) is 0 Å². The Balaban J connectivity index is 1.91. The van der Waals surface area contributed by atoms with E-state index in [1.165, 1.54) is 16.2 Å². The van der Waals surface area contributed by atoms with Crippen LogP contribution < -0.4 is 0 Å². The highest BCUT2D eigenvalue weighted by atomic mass is 32.1. The molecule has 2 aliphatic heterocycles. The Hall–Kier alpha value is -1.25. The van der Waals surface area contributed by atoms with E-state index >= 15 is 0 Å². The molecule has 1 fully saturated rings. The number of carbonyl (C=O) groups is 1. The van der Waals surface area contributed by atoms with Gasteiger partial charge in [-0.25, -0.2) is 13.6 Å². The Bertz CT molecular complexity index is 608. The van der Waals surface area contributed by atoms with Crippen LogP contribution in [0, 0.1) is 0 Å². The van der Waals surface area contributed by atoms with E-state index in [1.807, 2.05) is 6.92 Å². The number of thiophene rings is 1. The number of nitrogens with zero attached hydrogens (tertiary/aromatic N) is 1. The van der Waals surface area contributed by atoms with Gasteiger partial charge in [0.05, 0.1) is 6.61 Å². The zero-order valence-corrected chi connectivity index (χ0v) is 13.5. The fourth-order valence-electron chi connectivity index (χ4n) is 3.55. The molecule has 0 aromatic carbocycles. The minimum absolute atomic E-state index is 0.210. The van der Waals surface area contributed by atoms with Crippen LogP contribution in [0.1, 0.15) is 41.2 Å². The second-order valence-electron chi connectivity index (χ2n) is 6.15. The van der Waals surface area contributed by atoms with Crippen molar-refractivity contribution in [3.63, 3.8) is 0 Å². The number of halogens is 2. The Morgan fingerprint density at radius 1 is 1.57 bits per heavy atom. The molecule has 0 bridgehead atoms. The molecule has 1 unspecified atom stereocenters. The van der Waals surface area contributed by atoms with Gasteiger partial charge < -0.3 is 19.8 Å². The van der Waals surface area contributed by atoms with Crippen LogP contribution >= 0.6 is 11.3 Å². The molecule has 5 nitrogen and oxygen atoms in total. The summed E-state index contributed by atoms with van der Waals surface area (Å²) in [4.78, 5) is 13.7. The Morgan fingerprint density at radius 3 is 2.91 bits per heavy atom. The first kappa shape index (κ1) is 16.6. The number of hydrogen-bond donors (Lipinski definition) is 2. The zero-order chi connectivity index (χ0) is 16.8. The van der Waals surface area contributed by atoms with Gasteiger partial charge in [-0.3, -0.25) is 0 Å². The van der Waals surface area contributed by atoms with Crippen molar-refractivity contribution in [2.45, 2.75) is 50.4 Å². The highest BCUT2D eigenvalue weighted by molar-refractivity contribution is 7.12. The van der Waals surface area contributed by atoms with Gasteiger partial charge in [-0.15, -0.1) is 11.3 Å². The van der Waals surface area contributed by atoms with Gasteiger partial charge in [-0.1, -0.05) is 0 Å². The maximum absolute atomic E-state index is 12.8. The van der Waals surface area contributed by atoms with Crippen molar-refractivity contribution in [3.8, 4) is 0 Å². The van der Waals surface area contributed by atoms with Crippen LogP contribution in [0.4, 0.5) is 13.6 Å². The molecule has 1 aromatic rings. The minimum atomic E-state index is -2.82. The normalized spacial score (nSPS) is 28.9. The van der Waals surface area contributed by atoms with Gasteiger partial charge in [0.1, 0.15) is 11.7 Å². The molecule has 1 spiro atoms. The molecule has 3 rings (SSSR count). The maximum Gasteiger partial charge on any atom is 0.407 e. The number of rotatable bonds is 2. The molecule has 23 heavy (non-hydrogen) atoms. The summed E-state index contributed by atoms with van der Waals surface area (Å²) < 4.78 is 31.5. The van der Waals surface area contributed by atoms with E-state index in [0.717, 1.165) is 10.4 Å². The summed E-state index contributed by atoms with van der Waals surface area (Å²) >= 11 is 1.17. The molecule has 2 aliphatic rings. The lowest BCUT2D eigenvalue weighted by Crippen LogP contribution is -2.51. The van der Waals surface area contributed by atoms with Crippen LogP contribution in [-0.2, 0) is 16.8 Å². The van der Waals surface area contributed by atoms with Crippen molar-refractivity contribution in [1.29, 1.82) is 0 Å². The number of alkyl halides is 2. The Kier molecular flexibility index (Phi) is 4.33. The van der Waals surface area contributed by atoms with Crippen molar-refractivity contribution in [1.82, 2.24) is 4.90 Å². The second kappa shape index (κ2) is 5.99. The number of likely N-dealkylation sites (tertiary alicyclic amines) is 1. The van der Waals surface area contributed by atoms with Gasteiger partial charge in [-0.05, 0) is 31.4 Å². The van der Waals surface area contributed by atoms with Gasteiger partial charge in [-0.2, -0.15) is 0 Å². The van der Waals surface area contributed by atoms with E-state index in [4.69, 9.17) is 4.74 Å². The lowest BCUT2D eigenvalue weighted by molar-refractivity contribution is -0.104. The molecule has 1 amide bonds. The van der Waals surface area contributed by atoms with Crippen molar-refractivity contribution < 1.29 is 28.5 Å². The first-order chi connectivity index (χ1) is 10.8. The zero-order valence-electron chi connectivity index (χ0n) is 12.7. The van der Waals surface area contributed by atoms with E-state index in [1.54, 1.807) is 6.07 Å². The third-order valence-corrected chi connectivity index (χ3v) is 6.11. The number of aliphatic hydroxyl groups excluding tert-OH is 1. The van der Waals surface area contributed by atoms with Crippen molar-refractivity contribution in [2.24, 2.45) is 0 Å². The first-order valence-corrected chi connectivity index (χ1v) is 8.38. The molecule has 0 aliphatic carbocycles. The Morgan fingerprint density at radius 2 is 2.30 bits per heavy atom. The number of ether oxygens (including phenoxy) is 1. The summed E-state index contributed by atoms with van der Waals surface area (Å²) in [5.74, 6) is 0. The number of hydrogen-bond acceptors (Lipinski definition) is 4. The molecule has 128 valence electrons. The average molecular weight is 347 g/mol. The van der Waals surface area contributed by atoms with Crippen molar-refractivity contribution in [2.75, 3.05) is 13.2 Å². The summed E-state index contributed by atoms with van der Waals surface area (Å²) in [6.07, 6.45) is -3.93. The lowest BCUT2D eigenvalue weighted by atomic mass is 9.82. The fourth-order valence-corrected chi connectivity index (χ4v) is 4.93. The van der Waals surface area contributed by atoms with Gasteiger partial charge in [0.15, 0.2) is 0 Å². The van der Waals surface area contributed by atoms with Crippen LogP contribution in [0.15, 0.2) is 6.07 Å². The molecule has 1 aromatic heterocycles. The first-order valence-electron chi connectivity index (χ1n) is 7.57. The topological polar surface area (TPSA) is 70.0 Å². The molecular weight excluding hydrogens is 328 g/mol. The number of carboxylic acid groups (broad SMARTS) is 1. The van der Waals surface area contributed by atoms with Crippen LogP contribution in [0.5, 0.6) is 0 Å². The standard InChI is InChI=1S/C15H19F2NO4S/c1-8-7-15(3-4-18(8)14(20)21)12-9(2-5-22-15)6-10(23-12)11(19)13(16)17/h6,8,11,13,19H,2-5,7H2,1H3,(H,20,21)/t8-,11?,15+/m0/s1. The molecular formula is C15H19F2NO4S. The highest BCUT2D eigenvalue weighted by Gasteiger charge is 2.46. The smallest absolute Gasteiger partial charge is 0.407 e. The molecule has 0 saturated carbocycles. The summed E-state index contributed by atoms with van der Waals surface area (Å²) in [7, 11) is 0. The third kappa shape index (κ3) is 2.83. The maximum atomic E-state index is 12.8. The second-order valence-corrected chi connectivity index (χ2v) is 7.24. The minimum Gasteiger partial charge on any atom is -0.465 e. The van der Waals surface area contributed by atoms with Gasteiger partial charge in [0, 0.05) is 28.8 Å². The van der Waals surface area contributed by atoms with Crippen LogP contribution in [0.25, 0.3) is 0 Å². The van der Waals surface area contributed by atoms with Crippen molar-refractivity contribution >= 4 is 17.4 Å². The molecule has 3 atom stereocenters. The predicted molar refractivity (Wildman–Crippen MR) is 80.0 cm³/mol. The third-order valence-electron chi connectivity index (χ3n) is 4.68. The summed E-state index contributed by atoms with van der Waals surface area (Å²) in [5, 5.41) is 18.8.